The molecule has 23 heavy (non-hydrogen) atoms. The van der Waals surface area contributed by atoms with Crippen LogP contribution in [-0.4, -0.2) is 36.6 Å². The SMILES string of the molecule is CCOc1ccc2c(c1)CC(C(=O)N(CC)C(C)C(C)C)CO2. The molecule has 0 fully saturated rings. The largest absolute Gasteiger partial charge is 0.494 e. The Hall–Kier alpha value is -1.71. The number of amides is 1. The summed E-state index contributed by atoms with van der Waals surface area (Å²) < 4.78 is 11.4. The quantitative estimate of drug-likeness (QED) is 0.805. The fourth-order valence-corrected chi connectivity index (χ4v) is 3.02. The van der Waals surface area contributed by atoms with Crippen molar-refractivity contribution in [2.45, 2.75) is 47.1 Å². The first kappa shape index (κ1) is 17.6. The molecule has 0 N–H and O–H groups in total. The highest BCUT2D eigenvalue weighted by Gasteiger charge is 2.32. The van der Waals surface area contributed by atoms with E-state index in [9.17, 15) is 4.79 Å². The molecule has 0 spiro atoms. The molecule has 1 heterocycles. The van der Waals surface area contributed by atoms with Crippen molar-refractivity contribution in [3.8, 4) is 11.5 Å². The maximum Gasteiger partial charge on any atom is 0.229 e. The third-order valence-electron chi connectivity index (χ3n) is 4.68. The third-order valence-corrected chi connectivity index (χ3v) is 4.68. The van der Waals surface area contributed by atoms with Crippen LogP contribution >= 0.6 is 0 Å². The van der Waals surface area contributed by atoms with E-state index in [1.807, 2.05) is 36.9 Å². The average Bonchev–Trinajstić information content (AvgIpc) is 2.54. The summed E-state index contributed by atoms with van der Waals surface area (Å²) in [5, 5.41) is 0. The summed E-state index contributed by atoms with van der Waals surface area (Å²) in [6.07, 6.45) is 0.719. The summed E-state index contributed by atoms with van der Waals surface area (Å²) >= 11 is 0. The Bertz CT molecular complexity index is 541. The van der Waals surface area contributed by atoms with Crippen LogP contribution in [0, 0.1) is 11.8 Å². The second-order valence-electron chi connectivity index (χ2n) is 6.52. The van der Waals surface area contributed by atoms with Gasteiger partial charge in [0.15, 0.2) is 0 Å². The Balaban J connectivity index is 2.13. The smallest absolute Gasteiger partial charge is 0.229 e. The van der Waals surface area contributed by atoms with E-state index >= 15 is 0 Å². The molecule has 4 nitrogen and oxygen atoms in total. The van der Waals surface area contributed by atoms with Crippen molar-refractivity contribution in [2.24, 2.45) is 11.8 Å². The van der Waals surface area contributed by atoms with Gasteiger partial charge in [-0.05, 0) is 56.9 Å². The van der Waals surface area contributed by atoms with Crippen molar-refractivity contribution in [1.29, 1.82) is 0 Å². The maximum absolute atomic E-state index is 12.9. The van der Waals surface area contributed by atoms with Crippen LogP contribution in [0.2, 0.25) is 0 Å². The molecule has 0 radical (unpaired) electrons. The number of ether oxygens (including phenoxy) is 2. The molecular weight excluding hydrogens is 290 g/mol. The lowest BCUT2D eigenvalue weighted by molar-refractivity contribution is -0.139. The van der Waals surface area contributed by atoms with Crippen LogP contribution in [0.25, 0.3) is 0 Å². The van der Waals surface area contributed by atoms with Crippen LogP contribution in [0.4, 0.5) is 0 Å². The average molecular weight is 319 g/mol. The van der Waals surface area contributed by atoms with Gasteiger partial charge in [0.25, 0.3) is 0 Å². The number of carbonyl (C=O) groups excluding carboxylic acids is 1. The molecule has 2 rings (SSSR count). The Morgan fingerprint density at radius 2 is 2.09 bits per heavy atom. The summed E-state index contributed by atoms with van der Waals surface area (Å²) in [5.41, 5.74) is 1.06. The fourth-order valence-electron chi connectivity index (χ4n) is 3.02. The zero-order valence-corrected chi connectivity index (χ0v) is 15.0. The van der Waals surface area contributed by atoms with Crippen molar-refractivity contribution in [1.82, 2.24) is 4.90 Å². The normalized spacial score (nSPS) is 18.1. The first-order valence-corrected chi connectivity index (χ1v) is 8.66. The molecule has 0 saturated carbocycles. The number of hydrogen-bond acceptors (Lipinski definition) is 3. The van der Waals surface area contributed by atoms with Crippen molar-refractivity contribution >= 4 is 5.91 Å². The molecule has 0 saturated heterocycles. The van der Waals surface area contributed by atoms with E-state index in [0.29, 0.717) is 19.1 Å². The molecule has 1 aliphatic rings. The number of benzene rings is 1. The Morgan fingerprint density at radius 3 is 2.70 bits per heavy atom. The van der Waals surface area contributed by atoms with Crippen molar-refractivity contribution in [3.63, 3.8) is 0 Å². The van der Waals surface area contributed by atoms with Crippen molar-refractivity contribution in [2.75, 3.05) is 19.8 Å². The van der Waals surface area contributed by atoms with Gasteiger partial charge in [-0.25, -0.2) is 0 Å². The summed E-state index contributed by atoms with van der Waals surface area (Å²) in [7, 11) is 0. The summed E-state index contributed by atoms with van der Waals surface area (Å²) in [4.78, 5) is 14.9. The van der Waals surface area contributed by atoms with Gasteiger partial charge in [0.2, 0.25) is 5.91 Å². The standard InChI is InChI=1S/C19H29NO3/c1-6-20(14(5)13(3)4)19(21)16-10-15-11-17(22-7-2)8-9-18(15)23-12-16/h8-9,11,13-14,16H,6-7,10,12H2,1-5H3. The van der Waals surface area contributed by atoms with Gasteiger partial charge in [-0.3, -0.25) is 4.79 Å². The van der Waals surface area contributed by atoms with E-state index < -0.39 is 0 Å². The monoisotopic (exact) mass is 319 g/mol. The summed E-state index contributed by atoms with van der Waals surface area (Å²) in [5.74, 6) is 2.24. The lowest BCUT2D eigenvalue weighted by atomic mass is 9.93. The van der Waals surface area contributed by atoms with E-state index in [1.165, 1.54) is 0 Å². The lowest BCUT2D eigenvalue weighted by Crippen LogP contribution is -2.47. The van der Waals surface area contributed by atoms with Gasteiger partial charge in [-0.15, -0.1) is 0 Å². The minimum Gasteiger partial charge on any atom is -0.494 e. The summed E-state index contributed by atoms with van der Waals surface area (Å²) in [6.45, 7) is 12.3. The highest BCUT2D eigenvalue weighted by atomic mass is 16.5. The van der Waals surface area contributed by atoms with Gasteiger partial charge in [-0.2, -0.15) is 0 Å². The number of rotatable bonds is 6. The lowest BCUT2D eigenvalue weighted by Gasteiger charge is -2.35. The molecule has 4 heteroatoms. The number of carbonyl (C=O) groups is 1. The molecule has 2 unspecified atom stereocenters. The minimum atomic E-state index is -0.111. The molecule has 128 valence electrons. The maximum atomic E-state index is 12.9. The van der Waals surface area contributed by atoms with E-state index in [-0.39, 0.29) is 17.9 Å². The number of nitrogens with zero attached hydrogens (tertiary/aromatic N) is 1. The minimum absolute atomic E-state index is 0.111. The van der Waals surface area contributed by atoms with E-state index in [0.717, 1.165) is 30.0 Å². The topological polar surface area (TPSA) is 38.8 Å². The van der Waals surface area contributed by atoms with Gasteiger partial charge >= 0.3 is 0 Å². The number of fused-ring (bicyclic) bond motifs is 1. The molecule has 1 aliphatic heterocycles. The highest BCUT2D eigenvalue weighted by molar-refractivity contribution is 5.80. The molecule has 0 aliphatic carbocycles. The zero-order chi connectivity index (χ0) is 17.0. The zero-order valence-electron chi connectivity index (χ0n) is 15.0. The second-order valence-corrected chi connectivity index (χ2v) is 6.52. The van der Waals surface area contributed by atoms with Gasteiger partial charge in [0.05, 0.1) is 12.5 Å². The second kappa shape index (κ2) is 7.71. The third kappa shape index (κ3) is 3.98. The summed E-state index contributed by atoms with van der Waals surface area (Å²) in [6, 6.07) is 6.10. The first-order valence-electron chi connectivity index (χ1n) is 8.66. The van der Waals surface area contributed by atoms with Crippen LogP contribution in [0.15, 0.2) is 18.2 Å². The predicted molar refractivity (Wildman–Crippen MR) is 92.0 cm³/mol. The van der Waals surface area contributed by atoms with Crippen LogP contribution < -0.4 is 9.47 Å². The van der Waals surface area contributed by atoms with E-state index in [2.05, 4.69) is 20.8 Å². The van der Waals surface area contributed by atoms with Crippen LogP contribution in [0.3, 0.4) is 0 Å². The predicted octanol–water partition coefficient (Wildman–Crippen LogP) is 3.53. The van der Waals surface area contributed by atoms with Crippen molar-refractivity contribution < 1.29 is 14.3 Å². The highest BCUT2D eigenvalue weighted by Crippen LogP contribution is 2.32. The van der Waals surface area contributed by atoms with E-state index in [4.69, 9.17) is 9.47 Å². The molecular formula is C19H29NO3. The van der Waals surface area contributed by atoms with Crippen LogP contribution in [0.1, 0.15) is 40.2 Å². The molecule has 1 aromatic carbocycles. The fraction of sp³-hybridized carbons (Fsp3) is 0.632. The van der Waals surface area contributed by atoms with Crippen LogP contribution in [0.5, 0.6) is 11.5 Å². The van der Waals surface area contributed by atoms with Gasteiger partial charge in [-0.1, -0.05) is 13.8 Å². The van der Waals surface area contributed by atoms with Gasteiger partial charge in [0, 0.05) is 12.6 Å². The first-order chi connectivity index (χ1) is 11.0. The van der Waals surface area contributed by atoms with Crippen LogP contribution in [-0.2, 0) is 11.2 Å². The van der Waals surface area contributed by atoms with E-state index in [1.54, 1.807) is 0 Å². The Labute approximate surface area is 139 Å². The molecule has 1 aromatic rings. The Morgan fingerprint density at radius 1 is 1.35 bits per heavy atom. The molecule has 0 bridgehead atoms. The molecule has 0 aromatic heterocycles. The Kier molecular flexibility index (Phi) is 5.91. The molecule has 2 atom stereocenters. The van der Waals surface area contributed by atoms with Gasteiger partial charge in [0.1, 0.15) is 18.1 Å². The van der Waals surface area contributed by atoms with Gasteiger partial charge < -0.3 is 14.4 Å². The van der Waals surface area contributed by atoms with Crippen molar-refractivity contribution in [3.05, 3.63) is 23.8 Å². The number of hydrogen-bond donors (Lipinski definition) is 0. The molecule has 1 amide bonds.